The number of nitrogens with zero attached hydrogens (tertiary/aromatic N) is 1. The highest BCUT2D eigenvalue weighted by atomic mass is 35.5. The van der Waals surface area contributed by atoms with Crippen molar-refractivity contribution in [1.82, 2.24) is 0 Å². The first-order valence-electron chi connectivity index (χ1n) is 5.21. The second kappa shape index (κ2) is 7.10. The lowest BCUT2D eigenvalue weighted by atomic mass is 10.2. The summed E-state index contributed by atoms with van der Waals surface area (Å²) in [5.41, 5.74) is 0.526. The molecule has 0 fully saturated rings. The van der Waals surface area contributed by atoms with Crippen molar-refractivity contribution < 1.29 is 9.84 Å². The molecule has 1 rings (SSSR count). The third-order valence-corrected chi connectivity index (χ3v) is 2.42. The SMILES string of the molecule is N#Cc1ccc(OCCCCCO)c(Cl)c1. The highest BCUT2D eigenvalue weighted by Gasteiger charge is 2.02. The van der Waals surface area contributed by atoms with E-state index in [1.807, 2.05) is 6.07 Å². The summed E-state index contributed by atoms with van der Waals surface area (Å²) in [4.78, 5) is 0. The third kappa shape index (κ3) is 4.09. The van der Waals surface area contributed by atoms with Crippen LogP contribution in [-0.2, 0) is 0 Å². The number of aliphatic hydroxyl groups is 1. The van der Waals surface area contributed by atoms with Crippen molar-refractivity contribution >= 4 is 11.6 Å². The van der Waals surface area contributed by atoms with Crippen molar-refractivity contribution in [3.8, 4) is 11.8 Å². The van der Waals surface area contributed by atoms with Crippen LogP contribution in [0.25, 0.3) is 0 Å². The maximum atomic E-state index is 8.65. The van der Waals surface area contributed by atoms with Crippen LogP contribution in [0.5, 0.6) is 5.75 Å². The number of aliphatic hydroxyl groups excluding tert-OH is 1. The summed E-state index contributed by atoms with van der Waals surface area (Å²) in [5, 5.41) is 17.7. The average Bonchev–Trinajstić information content (AvgIpc) is 2.30. The first-order chi connectivity index (χ1) is 7.77. The van der Waals surface area contributed by atoms with Gasteiger partial charge in [0.15, 0.2) is 0 Å². The summed E-state index contributed by atoms with van der Waals surface area (Å²) >= 11 is 5.93. The predicted octanol–water partition coefficient (Wildman–Crippen LogP) is 2.75. The molecule has 0 saturated heterocycles. The van der Waals surface area contributed by atoms with E-state index in [1.54, 1.807) is 18.2 Å². The molecular formula is C12H14ClNO2. The zero-order valence-corrected chi connectivity index (χ0v) is 9.70. The molecule has 0 saturated carbocycles. The fourth-order valence-corrected chi connectivity index (χ4v) is 1.50. The van der Waals surface area contributed by atoms with Gasteiger partial charge in [-0.1, -0.05) is 11.6 Å². The van der Waals surface area contributed by atoms with Crippen LogP contribution < -0.4 is 4.74 Å². The van der Waals surface area contributed by atoms with Gasteiger partial charge in [-0.25, -0.2) is 0 Å². The maximum absolute atomic E-state index is 8.65. The lowest BCUT2D eigenvalue weighted by Gasteiger charge is -2.07. The summed E-state index contributed by atoms with van der Waals surface area (Å²) in [6.45, 7) is 0.795. The molecule has 0 aromatic heterocycles. The molecule has 0 amide bonds. The second-order valence-electron chi connectivity index (χ2n) is 3.39. The van der Waals surface area contributed by atoms with Crippen molar-refractivity contribution in [3.63, 3.8) is 0 Å². The van der Waals surface area contributed by atoms with E-state index in [2.05, 4.69) is 0 Å². The van der Waals surface area contributed by atoms with E-state index in [1.165, 1.54) is 0 Å². The van der Waals surface area contributed by atoms with Crippen LogP contribution in [0.3, 0.4) is 0 Å². The maximum Gasteiger partial charge on any atom is 0.137 e. The Morgan fingerprint density at radius 1 is 1.31 bits per heavy atom. The number of benzene rings is 1. The molecule has 0 aliphatic carbocycles. The monoisotopic (exact) mass is 239 g/mol. The Morgan fingerprint density at radius 2 is 2.12 bits per heavy atom. The fraction of sp³-hybridized carbons (Fsp3) is 0.417. The average molecular weight is 240 g/mol. The van der Waals surface area contributed by atoms with Crippen molar-refractivity contribution in [2.75, 3.05) is 13.2 Å². The highest BCUT2D eigenvalue weighted by Crippen LogP contribution is 2.25. The minimum Gasteiger partial charge on any atom is -0.492 e. The summed E-state index contributed by atoms with van der Waals surface area (Å²) in [6, 6.07) is 6.98. The molecule has 0 atom stereocenters. The molecule has 3 nitrogen and oxygen atoms in total. The standard InChI is InChI=1S/C12H14ClNO2/c13-11-8-10(9-14)4-5-12(11)16-7-3-1-2-6-15/h4-5,8,15H,1-3,6-7H2. The van der Waals surface area contributed by atoms with Gasteiger partial charge in [0.1, 0.15) is 5.75 Å². The van der Waals surface area contributed by atoms with Gasteiger partial charge in [0.2, 0.25) is 0 Å². The molecule has 1 aromatic carbocycles. The minimum absolute atomic E-state index is 0.220. The molecule has 16 heavy (non-hydrogen) atoms. The van der Waals surface area contributed by atoms with E-state index >= 15 is 0 Å². The van der Waals surface area contributed by atoms with E-state index < -0.39 is 0 Å². The summed E-state index contributed by atoms with van der Waals surface area (Å²) in [6.07, 6.45) is 2.62. The summed E-state index contributed by atoms with van der Waals surface area (Å²) < 4.78 is 5.46. The zero-order valence-electron chi connectivity index (χ0n) is 8.95. The van der Waals surface area contributed by atoms with E-state index in [0.717, 1.165) is 19.3 Å². The van der Waals surface area contributed by atoms with Gasteiger partial charge in [-0.3, -0.25) is 0 Å². The quantitative estimate of drug-likeness (QED) is 0.777. The number of nitriles is 1. The van der Waals surface area contributed by atoms with Crippen LogP contribution in [0.1, 0.15) is 24.8 Å². The molecule has 0 aliphatic rings. The lowest BCUT2D eigenvalue weighted by Crippen LogP contribution is -1.98. The molecule has 0 radical (unpaired) electrons. The molecule has 0 bridgehead atoms. The lowest BCUT2D eigenvalue weighted by molar-refractivity contribution is 0.266. The smallest absolute Gasteiger partial charge is 0.137 e. The first kappa shape index (κ1) is 12.8. The van der Waals surface area contributed by atoms with E-state index in [9.17, 15) is 0 Å². The zero-order chi connectivity index (χ0) is 11.8. The fourth-order valence-electron chi connectivity index (χ4n) is 1.26. The molecule has 1 aromatic rings. The molecule has 0 unspecified atom stereocenters. The molecule has 1 N–H and O–H groups in total. The van der Waals surface area contributed by atoms with E-state index in [0.29, 0.717) is 22.9 Å². The molecule has 86 valence electrons. The Balaban J connectivity index is 2.40. The van der Waals surface area contributed by atoms with Crippen molar-refractivity contribution in [3.05, 3.63) is 28.8 Å². The van der Waals surface area contributed by atoms with Gasteiger partial charge >= 0.3 is 0 Å². The number of hydrogen-bond donors (Lipinski definition) is 1. The normalized spacial score (nSPS) is 9.81. The van der Waals surface area contributed by atoms with Crippen molar-refractivity contribution in [2.24, 2.45) is 0 Å². The number of rotatable bonds is 6. The highest BCUT2D eigenvalue weighted by molar-refractivity contribution is 6.32. The van der Waals surface area contributed by atoms with Crippen molar-refractivity contribution in [1.29, 1.82) is 5.26 Å². The van der Waals surface area contributed by atoms with Gasteiger partial charge in [0.05, 0.1) is 23.3 Å². The first-order valence-corrected chi connectivity index (χ1v) is 5.59. The number of halogens is 1. The second-order valence-corrected chi connectivity index (χ2v) is 3.80. The van der Waals surface area contributed by atoms with E-state index in [-0.39, 0.29) is 6.61 Å². The number of unbranched alkanes of at least 4 members (excludes halogenated alkanes) is 2. The molecule has 0 aliphatic heterocycles. The van der Waals surface area contributed by atoms with Crippen LogP contribution in [-0.4, -0.2) is 18.3 Å². The predicted molar refractivity (Wildman–Crippen MR) is 62.6 cm³/mol. The van der Waals surface area contributed by atoms with Crippen LogP contribution in [0.2, 0.25) is 5.02 Å². The third-order valence-electron chi connectivity index (χ3n) is 2.12. The molecule has 0 heterocycles. The Morgan fingerprint density at radius 3 is 2.75 bits per heavy atom. The molecular weight excluding hydrogens is 226 g/mol. The van der Waals surface area contributed by atoms with Gasteiger partial charge in [-0.15, -0.1) is 0 Å². The Bertz CT molecular complexity index is 374. The van der Waals surface area contributed by atoms with Crippen LogP contribution >= 0.6 is 11.6 Å². The van der Waals surface area contributed by atoms with Gasteiger partial charge in [0, 0.05) is 6.61 Å². The summed E-state index contributed by atoms with van der Waals surface area (Å²) in [5.74, 6) is 0.602. The Labute approximate surface area is 100 Å². The largest absolute Gasteiger partial charge is 0.492 e. The molecule has 0 spiro atoms. The summed E-state index contributed by atoms with van der Waals surface area (Å²) in [7, 11) is 0. The molecule has 4 heteroatoms. The Hall–Kier alpha value is -1.24. The Kier molecular flexibility index (Phi) is 5.69. The number of ether oxygens (including phenoxy) is 1. The van der Waals surface area contributed by atoms with Crippen LogP contribution in [0, 0.1) is 11.3 Å². The van der Waals surface area contributed by atoms with Gasteiger partial charge in [-0.05, 0) is 37.5 Å². The van der Waals surface area contributed by atoms with Gasteiger partial charge in [-0.2, -0.15) is 5.26 Å². The van der Waals surface area contributed by atoms with Crippen LogP contribution in [0.15, 0.2) is 18.2 Å². The number of hydrogen-bond acceptors (Lipinski definition) is 3. The van der Waals surface area contributed by atoms with Gasteiger partial charge in [0.25, 0.3) is 0 Å². The van der Waals surface area contributed by atoms with Crippen LogP contribution in [0.4, 0.5) is 0 Å². The van der Waals surface area contributed by atoms with Gasteiger partial charge < -0.3 is 9.84 Å². The minimum atomic E-state index is 0.220. The van der Waals surface area contributed by atoms with Crippen molar-refractivity contribution in [2.45, 2.75) is 19.3 Å². The topological polar surface area (TPSA) is 53.2 Å². The van der Waals surface area contributed by atoms with E-state index in [4.69, 9.17) is 26.7 Å².